The van der Waals surface area contributed by atoms with Crippen LogP contribution in [-0.4, -0.2) is 36.6 Å². The largest absolute Gasteiger partial charge is 0.457 e. The minimum atomic E-state index is -0.120. The van der Waals surface area contributed by atoms with E-state index in [0.717, 1.165) is 28.8 Å². The number of thiophene rings is 2. The SMILES string of the molecule is O=C(OC1C2CC3CC1CN(C3)C2)c1ccc(-c2cccs2)s1. The predicted molar refractivity (Wildman–Crippen MR) is 93.0 cm³/mol. The van der Waals surface area contributed by atoms with E-state index in [9.17, 15) is 4.79 Å². The van der Waals surface area contributed by atoms with E-state index >= 15 is 0 Å². The second kappa shape index (κ2) is 5.43. The van der Waals surface area contributed by atoms with Crippen molar-refractivity contribution in [3.63, 3.8) is 0 Å². The lowest BCUT2D eigenvalue weighted by molar-refractivity contribution is -0.116. The quantitative estimate of drug-likeness (QED) is 0.788. The zero-order valence-electron chi connectivity index (χ0n) is 12.8. The van der Waals surface area contributed by atoms with Crippen LogP contribution in [0.5, 0.6) is 0 Å². The standard InChI is InChI=1S/C18H19NO2S2/c20-18(16-4-3-15(23-16)14-2-1-5-22-14)21-17-12-6-11-7-13(17)10-19(8-11)9-12/h1-5,11-13,17H,6-10H2. The summed E-state index contributed by atoms with van der Waals surface area (Å²) in [5.74, 6) is 1.84. The van der Waals surface area contributed by atoms with Crippen LogP contribution in [0.1, 0.15) is 22.5 Å². The minimum Gasteiger partial charge on any atom is -0.457 e. The highest BCUT2D eigenvalue weighted by Crippen LogP contribution is 2.45. The van der Waals surface area contributed by atoms with E-state index in [0.29, 0.717) is 11.8 Å². The molecule has 2 aromatic rings. The molecule has 1 saturated carbocycles. The van der Waals surface area contributed by atoms with Crippen molar-refractivity contribution in [2.24, 2.45) is 17.8 Å². The number of nitrogens with zero attached hydrogens (tertiary/aromatic N) is 1. The van der Waals surface area contributed by atoms with Gasteiger partial charge in [-0.25, -0.2) is 4.79 Å². The second-order valence-electron chi connectivity index (χ2n) is 7.09. The summed E-state index contributed by atoms with van der Waals surface area (Å²) in [5.41, 5.74) is 0. The van der Waals surface area contributed by atoms with Crippen LogP contribution in [0.25, 0.3) is 9.75 Å². The molecule has 0 N–H and O–H groups in total. The van der Waals surface area contributed by atoms with Gasteiger partial charge in [0.2, 0.25) is 0 Å². The molecule has 1 aliphatic carbocycles. The van der Waals surface area contributed by atoms with Crippen molar-refractivity contribution in [2.75, 3.05) is 19.6 Å². The van der Waals surface area contributed by atoms with Gasteiger partial charge in [0.1, 0.15) is 11.0 Å². The number of carbonyl (C=O) groups excluding carboxylic acids is 1. The third-order valence-electron chi connectivity index (χ3n) is 5.52. The van der Waals surface area contributed by atoms with Crippen LogP contribution in [-0.2, 0) is 4.74 Å². The summed E-state index contributed by atoms with van der Waals surface area (Å²) in [5, 5.41) is 2.07. The fourth-order valence-corrected chi connectivity index (χ4v) is 6.46. The zero-order valence-corrected chi connectivity index (χ0v) is 14.4. The molecule has 2 unspecified atom stereocenters. The molecule has 23 heavy (non-hydrogen) atoms. The Hall–Kier alpha value is -1.17. The fraction of sp³-hybridized carbons (Fsp3) is 0.500. The maximum atomic E-state index is 12.6. The van der Waals surface area contributed by atoms with Crippen LogP contribution in [0.4, 0.5) is 0 Å². The topological polar surface area (TPSA) is 29.5 Å². The molecule has 2 aromatic heterocycles. The van der Waals surface area contributed by atoms with Gasteiger partial charge in [0.15, 0.2) is 0 Å². The van der Waals surface area contributed by atoms with Gasteiger partial charge < -0.3 is 9.64 Å². The van der Waals surface area contributed by atoms with Gasteiger partial charge in [-0.1, -0.05) is 6.07 Å². The molecule has 4 bridgehead atoms. The van der Waals surface area contributed by atoms with Crippen molar-refractivity contribution in [3.8, 4) is 9.75 Å². The Bertz CT molecular complexity index is 693. The molecule has 6 rings (SSSR count). The van der Waals surface area contributed by atoms with Crippen LogP contribution in [0.2, 0.25) is 0 Å². The molecule has 3 nitrogen and oxygen atoms in total. The van der Waals surface area contributed by atoms with Crippen molar-refractivity contribution in [2.45, 2.75) is 18.9 Å². The molecule has 0 aromatic carbocycles. The lowest BCUT2D eigenvalue weighted by atomic mass is 9.66. The van der Waals surface area contributed by atoms with Crippen molar-refractivity contribution in [1.29, 1.82) is 0 Å². The van der Waals surface area contributed by atoms with E-state index in [2.05, 4.69) is 16.3 Å². The highest BCUT2D eigenvalue weighted by Gasteiger charge is 2.49. The monoisotopic (exact) mass is 345 g/mol. The third-order valence-corrected chi connectivity index (χ3v) is 7.65. The predicted octanol–water partition coefficient (Wildman–Crippen LogP) is 3.97. The maximum Gasteiger partial charge on any atom is 0.348 e. The highest BCUT2D eigenvalue weighted by atomic mass is 32.1. The summed E-state index contributed by atoms with van der Waals surface area (Å²) in [4.78, 5) is 18.3. The van der Waals surface area contributed by atoms with Gasteiger partial charge in [-0.05, 0) is 42.3 Å². The molecule has 5 heteroatoms. The lowest BCUT2D eigenvalue weighted by Crippen LogP contribution is -2.60. The first kappa shape index (κ1) is 14.2. The number of ether oxygens (including phenoxy) is 1. The Morgan fingerprint density at radius 1 is 1.09 bits per heavy atom. The number of rotatable bonds is 3. The minimum absolute atomic E-state index is 0.120. The van der Waals surface area contributed by atoms with E-state index in [1.165, 1.54) is 24.3 Å². The number of esters is 1. The van der Waals surface area contributed by atoms with Gasteiger partial charge in [0.05, 0.1) is 0 Å². The summed E-state index contributed by atoms with van der Waals surface area (Å²) < 4.78 is 5.99. The molecular formula is C18H19NO2S2. The maximum absolute atomic E-state index is 12.6. The molecule has 3 saturated heterocycles. The average molecular weight is 345 g/mol. The molecule has 120 valence electrons. The van der Waals surface area contributed by atoms with Gasteiger partial charge in [-0.3, -0.25) is 0 Å². The van der Waals surface area contributed by atoms with E-state index in [-0.39, 0.29) is 12.1 Å². The van der Waals surface area contributed by atoms with Crippen molar-refractivity contribution in [1.82, 2.24) is 4.90 Å². The second-order valence-corrected chi connectivity index (χ2v) is 9.12. The van der Waals surface area contributed by atoms with E-state index < -0.39 is 0 Å². The number of hydrogen-bond donors (Lipinski definition) is 0. The van der Waals surface area contributed by atoms with Gasteiger partial charge in [-0.2, -0.15) is 0 Å². The van der Waals surface area contributed by atoms with E-state index in [1.807, 2.05) is 18.2 Å². The number of hydrogen-bond acceptors (Lipinski definition) is 5. The summed E-state index contributed by atoms with van der Waals surface area (Å²) in [6.07, 6.45) is 2.63. The average Bonchev–Trinajstić information content (AvgIpc) is 3.20. The molecule has 0 radical (unpaired) electrons. The molecule has 0 spiro atoms. The molecule has 2 atom stereocenters. The van der Waals surface area contributed by atoms with Crippen molar-refractivity contribution in [3.05, 3.63) is 34.5 Å². The normalized spacial score (nSPS) is 34.7. The Labute approximate surface area is 143 Å². The van der Waals surface area contributed by atoms with Gasteiger partial charge >= 0.3 is 5.97 Å². The summed E-state index contributed by atoms with van der Waals surface area (Å²) >= 11 is 3.26. The Balaban J connectivity index is 1.32. The van der Waals surface area contributed by atoms with Gasteiger partial charge in [-0.15, -0.1) is 22.7 Å². The first-order chi connectivity index (χ1) is 11.3. The lowest BCUT2D eigenvalue weighted by Gasteiger charge is -2.55. The molecule has 5 heterocycles. The Kier molecular flexibility index (Phi) is 3.35. The number of carbonyl (C=O) groups is 1. The summed E-state index contributed by atoms with van der Waals surface area (Å²) in [6, 6.07) is 8.09. The smallest absolute Gasteiger partial charge is 0.348 e. The molecule has 0 amide bonds. The molecule has 4 fully saturated rings. The van der Waals surface area contributed by atoms with Gasteiger partial charge in [0.25, 0.3) is 0 Å². The van der Waals surface area contributed by atoms with Crippen LogP contribution >= 0.6 is 22.7 Å². The molecular weight excluding hydrogens is 326 g/mol. The van der Waals surface area contributed by atoms with Crippen LogP contribution in [0.3, 0.4) is 0 Å². The first-order valence-electron chi connectivity index (χ1n) is 8.33. The van der Waals surface area contributed by atoms with Gasteiger partial charge in [0, 0.05) is 41.2 Å². The van der Waals surface area contributed by atoms with Crippen LogP contribution in [0.15, 0.2) is 29.6 Å². The Morgan fingerprint density at radius 2 is 1.91 bits per heavy atom. The molecule has 3 aliphatic heterocycles. The first-order valence-corrected chi connectivity index (χ1v) is 10.0. The highest BCUT2D eigenvalue weighted by molar-refractivity contribution is 7.22. The van der Waals surface area contributed by atoms with E-state index in [1.54, 1.807) is 22.7 Å². The summed E-state index contributed by atoms with van der Waals surface area (Å²) in [6.45, 7) is 3.51. The van der Waals surface area contributed by atoms with Crippen molar-refractivity contribution >= 4 is 28.6 Å². The Morgan fingerprint density at radius 3 is 2.61 bits per heavy atom. The van der Waals surface area contributed by atoms with E-state index in [4.69, 9.17) is 4.74 Å². The zero-order chi connectivity index (χ0) is 15.4. The number of piperidine rings is 3. The third kappa shape index (κ3) is 2.46. The van der Waals surface area contributed by atoms with Crippen molar-refractivity contribution < 1.29 is 9.53 Å². The fourth-order valence-electron chi connectivity index (χ4n) is 4.74. The summed E-state index contributed by atoms with van der Waals surface area (Å²) in [7, 11) is 0. The van der Waals surface area contributed by atoms with Crippen LogP contribution in [0, 0.1) is 17.8 Å². The van der Waals surface area contributed by atoms with Crippen LogP contribution < -0.4 is 0 Å². The molecule has 4 aliphatic rings.